The fourth-order valence-electron chi connectivity index (χ4n) is 1.95. The molecule has 0 fully saturated rings. The first kappa shape index (κ1) is 13.0. The number of benzene rings is 1. The third kappa shape index (κ3) is 2.25. The Labute approximate surface area is 114 Å². The summed E-state index contributed by atoms with van der Waals surface area (Å²) in [5, 5.41) is 10.0. The van der Waals surface area contributed by atoms with Crippen LogP contribution >= 0.6 is 15.9 Å². The fourth-order valence-corrected chi connectivity index (χ4v) is 2.52. The Morgan fingerprint density at radius 2 is 2.00 bits per heavy atom. The zero-order valence-corrected chi connectivity index (χ0v) is 12.1. The van der Waals surface area contributed by atoms with Crippen LogP contribution < -0.4 is 0 Å². The molecule has 0 amide bonds. The second kappa shape index (κ2) is 4.69. The molecule has 0 aliphatic carbocycles. The lowest BCUT2D eigenvalue weighted by molar-refractivity contribution is 0.0699. The van der Waals surface area contributed by atoms with Crippen LogP contribution in [0.25, 0.3) is 10.9 Å². The van der Waals surface area contributed by atoms with E-state index in [0.717, 1.165) is 21.2 Å². The summed E-state index contributed by atoms with van der Waals surface area (Å²) in [4.78, 5) is 15.9. The monoisotopic (exact) mass is 307 g/mol. The summed E-state index contributed by atoms with van der Waals surface area (Å²) in [6, 6.07) is 5.43. The molecule has 0 aliphatic rings. The molecule has 0 atom stereocenters. The molecule has 0 bridgehead atoms. The Morgan fingerprint density at radius 1 is 1.33 bits per heavy atom. The molecule has 0 unspecified atom stereocenters. The second-order valence-electron chi connectivity index (χ2n) is 4.67. The Morgan fingerprint density at radius 3 is 2.56 bits per heavy atom. The van der Waals surface area contributed by atoms with Gasteiger partial charge in [-0.3, -0.25) is 4.98 Å². The summed E-state index contributed by atoms with van der Waals surface area (Å²) in [6.45, 7) is 5.96. The van der Waals surface area contributed by atoms with E-state index in [1.54, 1.807) is 6.07 Å². The predicted molar refractivity (Wildman–Crippen MR) is 75.2 cm³/mol. The van der Waals surface area contributed by atoms with Crippen LogP contribution in [0.15, 0.2) is 22.7 Å². The van der Waals surface area contributed by atoms with Crippen molar-refractivity contribution in [2.24, 2.45) is 0 Å². The van der Waals surface area contributed by atoms with E-state index in [-0.39, 0.29) is 5.92 Å². The Kier molecular flexibility index (Phi) is 3.39. The smallest absolute Gasteiger partial charge is 0.336 e. The van der Waals surface area contributed by atoms with Crippen molar-refractivity contribution in [3.63, 3.8) is 0 Å². The molecule has 0 spiro atoms. The van der Waals surface area contributed by atoms with Crippen molar-refractivity contribution in [3.8, 4) is 0 Å². The number of pyridine rings is 1. The van der Waals surface area contributed by atoms with Gasteiger partial charge in [0.25, 0.3) is 0 Å². The minimum Gasteiger partial charge on any atom is -0.478 e. The van der Waals surface area contributed by atoms with Gasteiger partial charge in [-0.15, -0.1) is 0 Å². The zero-order chi connectivity index (χ0) is 13.4. The molecule has 1 N–H and O–H groups in total. The predicted octanol–water partition coefficient (Wildman–Crippen LogP) is 4.13. The Bertz CT molecular complexity index is 635. The minimum atomic E-state index is -0.915. The van der Waals surface area contributed by atoms with Crippen molar-refractivity contribution in [1.82, 2.24) is 4.98 Å². The van der Waals surface area contributed by atoms with Gasteiger partial charge in [0.15, 0.2) is 0 Å². The van der Waals surface area contributed by atoms with E-state index in [9.17, 15) is 9.90 Å². The highest BCUT2D eigenvalue weighted by Gasteiger charge is 2.15. The number of aromatic carboxylic acids is 1. The quantitative estimate of drug-likeness (QED) is 0.907. The highest BCUT2D eigenvalue weighted by atomic mass is 79.9. The van der Waals surface area contributed by atoms with Crippen LogP contribution in [-0.2, 0) is 0 Å². The van der Waals surface area contributed by atoms with Gasteiger partial charge in [0, 0.05) is 15.6 Å². The first-order valence-electron chi connectivity index (χ1n) is 5.74. The number of hydrogen-bond acceptors (Lipinski definition) is 2. The van der Waals surface area contributed by atoms with Gasteiger partial charge < -0.3 is 5.11 Å². The molecule has 1 heterocycles. The van der Waals surface area contributed by atoms with E-state index in [0.29, 0.717) is 10.9 Å². The first-order valence-corrected chi connectivity index (χ1v) is 6.53. The topological polar surface area (TPSA) is 50.2 Å². The third-order valence-electron chi connectivity index (χ3n) is 2.91. The van der Waals surface area contributed by atoms with Crippen molar-refractivity contribution in [3.05, 3.63) is 39.5 Å². The molecule has 0 saturated carbocycles. The lowest BCUT2D eigenvalue weighted by Crippen LogP contribution is -2.04. The van der Waals surface area contributed by atoms with Gasteiger partial charge >= 0.3 is 5.97 Å². The van der Waals surface area contributed by atoms with Gasteiger partial charge in [-0.1, -0.05) is 29.8 Å². The van der Waals surface area contributed by atoms with Crippen LogP contribution in [0.4, 0.5) is 0 Å². The summed E-state index contributed by atoms with van der Waals surface area (Å²) in [7, 11) is 0. The molecule has 0 saturated heterocycles. The number of aromatic nitrogens is 1. The first-order chi connectivity index (χ1) is 8.40. The van der Waals surface area contributed by atoms with E-state index in [2.05, 4.69) is 20.9 Å². The molecule has 2 aromatic rings. The highest BCUT2D eigenvalue weighted by molar-refractivity contribution is 9.10. The molecule has 18 heavy (non-hydrogen) atoms. The molecule has 0 aliphatic heterocycles. The van der Waals surface area contributed by atoms with E-state index < -0.39 is 5.97 Å². The van der Waals surface area contributed by atoms with Gasteiger partial charge in [-0.05, 0) is 36.6 Å². The van der Waals surface area contributed by atoms with Gasteiger partial charge in [-0.2, -0.15) is 0 Å². The van der Waals surface area contributed by atoms with Crippen LogP contribution in [0.3, 0.4) is 0 Å². The maximum absolute atomic E-state index is 11.4. The molecule has 1 aromatic heterocycles. The Hall–Kier alpha value is -1.42. The minimum absolute atomic E-state index is 0.204. The van der Waals surface area contributed by atoms with Crippen LogP contribution in [0.2, 0.25) is 0 Å². The van der Waals surface area contributed by atoms with E-state index in [1.165, 1.54) is 0 Å². The average Bonchev–Trinajstić information content (AvgIpc) is 2.27. The van der Waals surface area contributed by atoms with Gasteiger partial charge in [-0.25, -0.2) is 4.79 Å². The van der Waals surface area contributed by atoms with Crippen molar-refractivity contribution < 1.29 is 9.90 Å². The number of carboxylic acid groups (broad SMARTS) is 1. The molecule has 1 aromatic carbocycles. The van der Waals surface area contributed by atoms with Gasteiger partial charge in [0.05, 0.1) is 11.1 Å². The number of aryl methyl sites for hydroxylation is 1. The molecular weight excluding hydrogens is 294 g/mol. The second-order valence-corrected chi connectivity index (χ2v) is 5.59. The van der Waals surface area contributed by atoms with Gasteiger partial charge in [0.1, 0.15) is 0 Å². The van der Waals surface area contributed by atoms with E-state index in [1.807, 2.05) is 32.9 Å². The lowest BCUT2D eigenvalue weighted by Gasteiger charge is -2.11. The molecule has 0 radical (unpaired) electrons. The van der Waals surface area contributed by atoms with E-state index >= 15 is 0 Å². The molecule has 94 valence electrons. The van der Waals surface area contributed by atoms with E-state index in [4.69, 9.17) is 0 Å². The zero-order valence-electron chi connectivity index (χ0n) is 10.5. The standard InChI is InChI=1S/C14H14BrNO2/c1-7(2)12-6-11(14(17)18)10-5-9(15)4-8(3)13(10)16-12/h4-7H,1-3H3,(H,17,18). The summed E-state index contributed by atoms with van der Waals surface area (Å²) >= 11 is 3.39. The summed E-state index contributed by atoms with van der Waals surface area (Å²) in [5.41, 5.74) is 2.87. The van der Waals surface area contributed by atoms with Crippen molar-refractivity contribution in [1.29, 1.82) is 0 Å². The summed E-state index contributed by atoms with van der Waals surface area (Å²) in [5.74, 6) is -0.711. The summed E-state index contributed by atoms with van der Waals surface area (Å²) in [6.07, 6.45) is 0. The summed E-state index contributed by atoms with van der Waals surface area (Å²) < 4.78 is 0.870. The van der Waals surface area contributed by atoms with Crippen molar-refractivity contribution >= 4 is 32.8 Å². The largest absolute Gasteiger partial charge is 0.478 e. The highest BCUT2D eigenvalue weighted by Crippen LogP contribution is 2.28. The maximum atomic E-state index is 11.4. The Balaban J connectivity index is 2.90. The molecular formula is C14H14BrNO2. The van der Waals surface area contributed by atoms with Crippen LogP contribution in [0.1, 0.15) is 41.4 Å². The lowest BCUT2D eigenvalue weighted by atomic mass is 10.0. The third-order valence-corrected chi connectivity index (χ3v) is 3.37. The number of nitrogens with zero attached hydrogens (tertiary/aromatic N) is 1. The maximum Gasteiger partial charge on any atom is 0.336 e. The number of halogens is 1. The number of rotatable bonds is 2. The number of fused-ring (bicyclic) bond motifs is 1. The normalized spacial score (nSPS) is 11.2. The van der Waals surface area contributed by atoms with Crippen LogP contribution in [-0.4, -0.2) is 16.1 Å². The molecule has 3 nitrogen and oxygen atoms in total. The fraction of sp³-hybridized carbons (Fsp3) is 0.286. The number of hydrogen-bond donors (Lipinski definition) is 1. The number of carbonyl (C=O) groups is 1. The molecule has 2 rings (SSSR count). The van der Waals surface area contributed by atoms with Crippen molar-refractivity contribution in [2.45, 2.75) is 26.7 Å². The number of carboxylic acids is 1. The SMILES string of the molecule is Cc1cc(Br)cc2c(C(=O)O)cc(C(C)C)nc12. The van der Waals surface area contributed by atoms with Gasteiger partial charge in [0.2, 0.25) is 0 Å². The van der Waals surface area contributed by atoms with Crippen molar-refractivity contribution in [2.75, 3.05) is 0 Å². The molecule has 4 heteroatoms. The van der Waals surface area contributed by atoms with Crippen LogP contribution in [0, 0.1) is 6.92 Å². The van der Waals surface area contributed by atoms with Crippen LogP contribution in [0.5, 0.6) is 0 Å². The average molecular weight is 308 g/mol.